The summed E-state index contributed by atoms with van der Waals surface area (Å²) in [7, 11) is 0. The van der Waals surface area contributed by atoms with Crippen molar-refractivity contribution >= 4 is 28.7 Å². The summed E-state index contributed by atoms with van der Waals surface area (Å²) in [5.74, 6) is -0.0152. The number of carbonyl (C=O) groups is 1. The molecule has 0 radical (unpaired) electrons. The van der Waals surface area contributed by atoms with E-state index in [0.29, 0.717) is 15.8 Å². The molecule has 0 saturated heterocycles. The summed E-state index contributed by atoms with van der Waals surface area (Å²) >= 11 is 7.05. The first-order valence-corrected chi connectivity index (χ1v) is 6.25. The van der Waals surface area contributed by atoms with Crippen molar-refractivity contribution in [1.29, 1.82) is 0 Å². The Kier molecular flexibility index (Phi) is 5.19. The van der Waals surface area contributed by atoms with Crippen LogP contribution in [0.3, 0.4) is 0 Å². The van der Waals surface area contributed by atoms with Gasteiger partial charge < -0.3 is 4.74 Å². The number of ether oxygens (including phenoxy) is 1. The van der Waals surface area contributed by atoms with Gasteiger partial charge in [-0.3, -0.25) is 4.79 Å². The van der Waals surface area contributed by atoms with E-state index in [1.807, 2.05) is 6.92 Å². The van der Waals surface area contributed by atoms with E-state index in [-0.39, 0.29) is 5.78 Å². The van der Waals surface area contributed by atoms with Crippen molar-refractivity contribution in [2.24, 2.45) is 0 Å². The van der Waals surface area contributed by atoms with Crippen molar-refractivity contribution in [3.63, 3.8) is 0 Å². The van der Waals surface area contributed by atoms with Crippen LogP contribution in [-0.4, -0.2) is 18.5 Å². The highest BCUT2D eigenvalue weighted by Crippen LogP contribution is 2.23. The quantitative estimate of drug-likeness (QED) is 0.570. The van der Waals surface area contributed by atoms with Gasteiger partial charge in [0.2, 0.25) is 5.78 Å². The van der Waals surface area contributed by atoms with E-state index in [0.717, 1.165) is 12.0 Å². The Morgan fingerprint density at radius 2 is 2.31 bits per heavy atom. The van der Waals surface area contributed by atoms with Gasteiger partial charge in [0.15, 0.2) is 0 Å². The first-order valence-electron chi connectivity index (χ1n) is 5.06. The summed E-state index contributed by atoms with van der Waals surface area (Å²) in [6, 6.07) is 3.45. The molecule has 0 spiro atoms. The molecule has 0 fully saturated rings. The van der Waals surface area contributed by atoms with Gasteiger partial charge in [-0.15, -0.1) is 17.9 Å². The van der Waals surface area contributed by atoms with Crippen LogP contribution in [0.4, 0.5) is 0 Å². The van der Waals surface area contributed by atoms with Crippen molar-refractivity contribution in [3.05, 3.63) is 33.5 Å². The molecule has 16 heavy (non-hydrogen) atoms. The molecule has 2 nitrogen and oxygen atoms in total. The van der Waals surface area contributed by atoms with Crippen molar-refractivity contribution in [2.45, 2.75) is 26.4 Å². The van der Waals surface area contributed by atoms with E-state index in [2.05, 4.69) is 6.58 Å². The zero-order chi connectivity index (χ0) is 12.1. The van der Waals surface area contributed by atoms with Gasteiger partial charge >= 0.3 is 0 Å². The molecule has 0 saturated carbocycles. The molecular formula is C12H15ClO2S. The van der Waals surface area contributed by atoms with E-state index >= 15 is 0 Å². The summed E-state index contributed by atoms with van der Waals surface area (Å²) in [6.07, 6.45) is 0.358. The van der Waals surface area contributed by atoms with Crippen molar-refractivity contribution in [3.8, 4) is 0 Å². The van der Waals surface area contributed by atoms with Crippen LogP contribution < -0.4 is 0 Å². The molecule has 0 N–H and O–H groups in total. The van der Waals surface area contributed by atoms with E-state index in [1.54, 1.807) is 19.1 Å². The number of thiophene rings is 1. The fourth-order valence-corrected chi connectivity index (χ4v) is 2.19. The summed E-state index contributed by atoms with van der Waals surface area (Å²) < 4.78 is 6.05. The van der Waals surface area contributed by atoms with Gasteiger partial charge in [0.25, 0.3) is 0 Å². The molecule has 1 aromatic heterocycles. The molecule has 88 valence electrons. The second-order valence-corrected chi connectivity index (χ2v) is 5.40. The predicted molar refractivity (Wildman–Crippen MR) is 68.5 cm³/mol. The molecular weight excluding hydrogens is 244 g/mol. The number of ketones is 1. The maximum atomic E-state index is 11.8. The van der Waals surface area contributed by atoms with Crippen LogP contribution in [0, 0.1) is 0 Å². The highest BCUT2D eigenvalue weighted by atomic mass is 35.5. The third-order valence-corrected chi connectivity index (χ3v) is 3.33. The van der Waals surface area contributed by atoms with Crippen LogP contribution >= 0.6 is 22.9 Å². The fraction of sp³-hybridized carbons (Fsp3) is 0.417. The first kappa shape index (κ1) is 13.4. The molecule has 1 rings (SSSR count). The second-order valence-electron chi connectivity index (χ2n) is 3.69. The summed E-state index contributed by atoms with van der Waals surface area (Å²) in [5, 5.41) is 0. The lowest BCUT2D eigenvalue weighted by Gasteiger charge is -2.10. The lowest BCUT2D eigenvalue weighted by atomic mass is 10.2. The van der Waals surface area contributed by atoms with Crippen LogP contribution in [0.15, 0.2) is 24.3 Å². The number of halogens is 1. The monoisotopic (exact) mass is 258 g/mol. The predicted octanol–water partition coefficient (Wildman–Crippen LogP) is 3.96. The maximum absolute atomic E-state index is 11.8. The number of carbonyl (C=O) groups excluding carboxylic acids is 1. The first-order chi connectivity index (χ1) is 7.50. The molecule has 0 amide bonds. The van der Waals surface area contributed by atoms with Crippen molar-refractivity contribution < 1.29 is 9.53 Å². The van der Waals surface area contributed by atoms with Crippen LogP contribution in [-0.2, 0) is 4.74 Å². The Balaban J connectivity index is 2.45. The molecule has 0 aliphatic heterocycles. The van der Waals surface area contributed by atoms with Gasteiger partial charge in [0.1, 0.15) is 6.10 Å². The standard InChI is InChI=1S/C12H15ClO2S/c1-8(2)6-7-15-9(3)12(14)10-4-5-11(13)16-10/h4-5,9H,1,6-7H2,2-3H3. The Labute approximate surface area is 105 Å². The molecule has 0 aliphatic rings. The van der Waals surface area contributed by atoms with Gasteiger partial charge in [-0.25, -0.2) is 0 Å². The van der Waals surface area contributed by atoms with Crippen molar-refractivity contribution in [1.82, 2.24) is 0 Å². The van der Waals surface area contributed by atoms with Gasteiger partial charge in [0.05, 0.1) is 15.8 Å². The zero-order valence-corrected chi connectivity index (χ0v) is 11.0. The molecule has 1 atom stereocenters. The number of rotatable bonds is 6. The molecule has 0 aromatic carbocycles. The summed E-state index contributed by atoms with van der Waals surface area (Å²) in [6.45, 7) is 8.00. The van der Waals surface area contributed by atoms with Crippen LogP contribution in [0.2, 0.25) is 4.34 Å². The lowest BCUT2D eigenvalue weighted by molar-refractivity contribution is 0.0491. The Hall–Kier alpha value is -0.640. The van der Waals surface area contributed by atoms with Crippen LogP contribution in [0.25, 0.3) is 0 Å². The molecule has 1 aromatic rings. The second kappa shape index (κ2) is 6.18. The number of hydrogen-bond acceptors (Lipinski definition) is 3. The van der Waals surface area contributed by atoms with Gasteiger partial charge in [-0.05, 0) is 32.4 Å². The minimum atomic E-state index is -0.422. The number of Topliss-reactive ketones (excluding diaryl/α,β-unsaturated/α-hetero) is 1. The van der Waals surface area contributed by atoms with E-state index in [1.165, 1.54) is 11.3 Å². The third-order valence-electron chi connectivity index (χ3n) is 2.08. The molecule has 1 unspecified atom stereocenters. The largest absolute Gasteiger partial charge is 0.370 e. The van der Waals surface area contributed by atoms with Gasteiger partial charge in [-0.2, -0.15) is 0 Å². The molecule has 1 heterocycles. The van der Waals surface area contributed by atoms with E-state index in [9.17, 15) is 4.79 Å². The normalized spacial score (nSPS) is 12.4. The molecule has 4 heteroatoms. The van der Waals surface area contributed by atoms with Gasteiger partial charge in [0, 0.05) is 0 Å². The maximum Gasteiger partial charge on any atom is 0.201 e. The number of hydrogen-bond donors (Lipinski definition) is 0. The van der Waals surface area contributed by atoms with Crippen molar-refractivity contribution in [2.75, 3.05) is 6.61 Å². The third kappa shape index (κ3) is 4.08. The minimum Gasteiger partial charge on any atom is -0.370 e. The summed E-state index contributed by atoms with van der Waals surface area (Å²) in [4.78, 5) is 12.5. The van der Waals surface area contributed by atoms with Gasteiger partial charge in [-0.1, -0.05) is 17.2 Å². The molecule has 0 bridgehead atoms. The smallest absolute Gasteiger partial charge is 0.201 e. The lowest BCUT2D eigenvalue weighted by Crippen LogP contribution is -2.20. The Bertz CT molecular complexity index is 384. The summed E-state index contributed by atoms with van der Waals surface area (Å²) in [5.41, 5.74) is 1.05. The molecule has 0 aliphatic carbocycles. The zero-order valence-electron chi connectivity index (χ0n) is 9.46. The average molecular weight is 259 g/mol. The Morgan fingerprint density at radius 1 is 1.62 bits per heavy atom. The topological polar surface area (TPSA) is 26.3 Å². The van der Waals surface area contributed by atoms with Crippen LogP contribution in [0.5, 0.6) is 0 Å². The van der Waals surface area contributed by atoms with E-state index in [4.69, 9.17) is 16.3 Å². The highest BCUT2D eigenvalue weighted by molar-refractivity contribution is 7.18. The minimum absolute atomic E-state index is 0.0152. The van der Waals surface area contributed by atoms with Crippen LogP contribution in [0.1, 0.15) is 29.9 Å². The SMILES string of the molecule is C=C(C)CCOC(C)C(=O)c1ccc(Cl)s1. The average Bonchev–Trinajstić information content (AvgIpc) is 2.63. The Morgan fingerprint density at radius 3 is 2.81 bits per heavy atom. The van der Waals surface area contributed by atoms with E-state index < -0.39 is 6.10 Å². The highest BCUT2D eigenvalue weighted by Gasteiger charge is 2.17. The fourth-order valence-electron chi connectivity index (χ4n) is 1.13.